The highest BCUT2D eigenvalue weighted by Crippen LogP contribution is 2.42. The number of anilines is 1. The van der Waals surface area contributed by atoms with Gasteiger partial charge in [-0.05, 0) is 25.0 Å². The van der Waals surface area contributed by atoms with Crippen LogP contribution in [0.4, 0.5) is 11.4 Å². The SMILES string of the molecule is CS(=O)(=O)c1cccc(NC2(C(=O)O)CC2)c1[N+](=O)[O-]. The predicted octanol–water partition coefficient (Wildman–Crippen LogP) is 1.03. The molecule has 0 heterocycles. The van der Waals surface area contributed by atoms with Crippen molar-refractivity contribution < 1.29 is 23.2 Å². The van der Waals surface area contributed by atoms with Crippen molar-refractivity contribution in [3.63, 3.8) is 0 Å². The minimum absolute atomic E-state index is 0.0992. The van der Waals surface area contributed by atoms with E-state index in [0.717, 1.165) is 12.3 Å². The summed E-state index contributed by atoms with van der Waals surface area (Å²) < 4.78 is 23.2. The monoisotopic (exact) mass is 300 g/mol. The van der Waals surface area contributed by atoms with Gasteiger partial charge in [0.15, 0.2) is 9.84 Å². The fourth-order valence-electron chi connectivity index (χ4n) is 1.89. The van der Waals surface area contributed by atoms with E-state index in [-0.39, 0.29) is 5.69 Å². The normalized spacial score (nSPS) is 16.4. The van der Waals surface area contributed by atoms with Crippen LogP contribution in [0, 0.1) is 10.1 Å². The Hall–Kier alpha value is -2.16. The van der Waals surface area contributed by atoms with Gasteiger partial charge in [-0.1, -0.05) is 6.07 Å². The third-order valence-corrected chi connectivity index (χ3v) is 4.24. The van der Waals surface area contributed by atoms with Crippen LogP contribution >= 0.6 is 0 Å². The molecule has 0 aromatic heterocycles. The van der Waals surface area contributed by atoms with Crippen molar-refractivity contribution >= 4 is 27.2 Å². The van der Waals surface area contributed by atoms with Gasteiger partial charge in [0.05, 0.1) is 4.92 Å². The minimum Gasteiger partial charge on any atom is -0.480 e. The Morgan fingerprint density at radius 1 is 1.45 bits per heavy atom. The molecule has 20 heavy (non-hydrogen) atoms. The third kappa shape index (κ3) is 2.44. The number of para-hydroxylation sites is 1. The van der Waals surface area contributed by atoms with E-state index in [9.17, 15) is 23.3 Å². The Morgan fingerprint density at radius 3 is 2.45 bits per heavy atom. The first-order valence-corrected chi connectivity index (χ1v) is 7.55. The third-order valence-electron chi connectivity index (χ3n) is 3.11. The van der Waals surface area contributed by atoms with E-state index >= 15 is 0 Å². The zero-order valence-electron chi connectivity index (χ0n) is 10.5. The number of nitrogens with zero attached hydrogens (tertiary/aromatic N) is 1. The molecule has 0 unspecified atom stereocenters. The van der Waals surface area contributed by atoms with Crippen LogP contribution in [0.2, 0.25) is 0 Å². The number of hydrogen-bond acceptors (Lipinski definition) is 6. The van der Waals surface area contributed by atoms with Gasteiger partial charge in [-0.3, -0.25) is 10.1 Å². The van der Waals surface area contributed by atoms with E-state index in [4.69, 9.17) is 5.11 Å². The largest absolute Gasteiger partial charge is 0.480 e. The number of sulfone groups is 1. The topological polar surface area (TPSA) is 127 Å². The summed E-state index contributed by atoms with van der Waals surface area (Å²) in [6, 6.07) is 3.76. The number of nitro benzene ring substituents is 1. The molecule has 0 atom stereocenters. The number of nitro groups is 1. The molecular formula is C11H12N2O6S. The molecular weight excluding hydrogens is 288 g/mol. The number of aliphatic carboxylic acids is 1. The summed E-state index contributed by atoms with van der Waals surface area (Å²) in [5.74, 6) is -1.11. The smallest absolute Gasteiger partial charge is 0.329 e. The van der Waals surface area contributed by atoms with Crippen molar-refractivity contribution in [1.82, 2.24) is 0 Å². The second kappa shape index (κ2) is 4.44. The van der Waals surface area contributed by atoms with Gasteiger partial charge in [-0.15, -0.1) is 0 Å². The number of nitrogens with one attached hydrogen (secondary N) is 1. The number of carboxylic acids is 1. The van der Waals surface area contributed by atoms with Crippen LogP contribution in [0.3, 0.4) is 0 Å². The van der Waals surface area contributed by atoms with Gasteiger partial charge >= 0.3 is 11.7 Å². The molecule has 1 aliphatic carbocycles. The van der Waals surface area contributed by atoms with Crippen molar-refractivity contribution in [3.05, 3.63) is 28.3 Å². The Balaban J connectivity index is 2.55. The van der Waals surface area contributed by atoms with Crippen LogP contribution in [0.5, 0.6) is 0 Å². The first kappa shape index (κ1) is 14.3. The van der Waals surface area contributed by atoms with Crippen molar-refractivity contribution in [2.45, 2.75) is 23.3 Å². The molecule has 9 heteroatoms. The van der Waals surface area contributed by atoms with E-state index in [2.05, 4.69) is 5.32 Å². The minimum atomic E-state index is -3.79. The highest BCUT2D eigenvalue weighted by Gasteiger charge is 2.51. The standard InChI is InChI=1S/C11H12N2O6S/c1-20(18,19)8-4-2-3-7(9(8)13(16)17)12-11(5-6-11)10(14)15/h2-4,12H,5-6H2,1H3,(H,14,15). The molecule has 8 nitrogen and oxygen atoms in total. The van der Waals surface area contributed by atoms with Crippen LogP contribution in [0.1, 0.15) is 12.8 Å². The predicted molar refractivity (Wildman–Crippen MR) is 69.4 cm³/mol. The van der Waals surface area contributed by atoms with Crippen LogP contribution in [-0.2, 0) is 14.6 Å². The van der Waals surface area contributed by atoms with Crippen LogP contribution in [-0.4, -0.2) is 36.2 Å². The fraction of sp³-hybridized carbons (Fsp3) is 0.364. The molecule has 2 rings (SSSR count). The lowest BCUT2D eigenvalue weighted by atomic mass is 10.2. The summed E-state index contributed by atoms with van der Waals surface area (Å²) >= 11 is 0. The lowest BCUT2D eigenvalue weighted by molar-refractivity contribution is -0.386. The summed E-state index contributed by atoms with van der Waals surface area (Å²) in [6.45, 7) is 0. The lowest BCUT2D eigenvalue weighted by Gasteiger charge is -2.15. The number of hydrogen-bond donors (Lipinski definition) is 2. The molecule has 0 bridgehead atoms. The average Bonchev–Trinajstić information content (AvgIpc) is 3.08. The number of carboxylic acid groups (broad SMARTS) is 1. The highest BCUT2D eigenvalue weighted by atomic mass is 32.2. The average molecular weight is 300 g/mol. The van der Waals surface area contributed by atoms with Gasteiger partial charge in [0.2, 0.25) is 0 Å². The Bertz CT molecular complexity index is 693. The van der Waals surface area contributed by atoms with E-state index < -0.39 is 36.9 Å². The molecule has 108 valence electrons. The summed E-state index contributed by atoms with van der Waals surface area (Å²) in [6.07, 6.45) is 1.54. The van der Waals surface area contributed by atoms with Gasteiger partial charge < -0.3 is 10.4 Å². The van der Waals surface area contributed by atoms with Crippen LogP contribution in [0.25, 0.3) is 0 Å². The highest BCUT2D eigenvalue weighted by molar-refractivity contribution is 7.90. The number of benzene rings is 1. The first-order valence-electron chi connectivity index (χ1n) is 5.66. The van der Waals surface area contributed by atoms with Gasteiger partial charge in [0, 0.05) is 6.26 Å². The quantitative estimate of drug-likeness (QED) is 0.614. The maximum absolute atomic E-state index is 11.6. The summed E-state index contributed by atoms with van der Waals surface area (Å²) in [5.41, 5.74) is -1.96. The van der Waals surface area contributed by atoms with E-state index in [1.165, 1.54) is 12.1 Å². The summed E-state index contributed by atoms with van der Waals surface area (Å²) in [7, 11) is -3.79. The molecule has 1 aliphatic rings. The zero-order chi connectivity index (χ0) is 15.1. The van der Waals surface area contributed by atoms with E-state index in [0.29, 0.717) is 12.8 Å². The van der Waals surface area contributed by atoms with Gasteiger partial charge in [0.1, 0.15) is 16.1 Å². The molecule has 0 amide bonds. The van der Waals surface area contributed by atoms with Crippen molar-refractivity contribution in [2.75, 3.05) is 11.6 Å². The first-order chi connectivity index (χ1) is 9.17. The maximum atomic E-state index is 11.6. The van der Waals surface area contributed by atoms with Crippen molar-refractivity contribution in [1.29, 1.82) is 0 Å². The summed E-state index contributed by atoms with van der Waals surface area (Å²) in [5, 5.41) is 22.8. The van der Waals surface area contributed by atoms with Crippen molar-refractivity contribution in [3.8, 4) is 0 Å². The molecule has 0 aliphatic heterocycles. The van der Waals surface area contributed by atoms with E-state index in [1.807, 2.05) is 0 Å². The van der Waals surface area contributed by atoms with Gasteiger partial charge in [0.25, 0.3) is 0 Å². The molecule has 0 radical (unpaired) electrons. The van der Waals surface area contributed by atoms with Crippen molar-refractivity contribution in [2.24, 2.45) is 0 Å². The number of rotatable bonds is 5. The van der Waals surface area contributed by atoms with Gasteiger partial charge in [-0.2, -0.15) is 0 Å². The van der Waals surface area contributed by atoms with E-state index in [1.54, 1.807) is 0 Å². The van der Waals surface area contributed by atoms with Crippen LogP contribution in [0.15, 0.2) is 23.1 Å². The second-order valence-electron chi connectivity index (χ2n) is 4.69. The Morgan fingerprint density at radius 2 is 2.05 bits per heavy atom. The number of carbonyl (C=O) groups is 1. The Kier molecular flexibility index (Phi) is 3.17. The Labute approximate surface area is 114 Å². The van der Waals surface area contributed by atoms with Crippen LogP contribution < -0.4 is 5.32 Å². The molecule has 2 N–H and O–H groups in total. The lowest BCUT2D eigenvalue weighted by Crippen LogP contribution is -2.31. The fourth-order valence-corrected chi connectivity index (χ4v) is 2.75. The molecule has 1 aromatic carbocycles. The zero-order valence-corrected chi connectivity index (χ0v) is 11.3. The molecule has 0 saturated heterocycles. The summed E-state index contributed by atoms with van der Waals surface area (Å²) in [4.78, 5) is 21.0. The second-order valence-corrected chi connectivity index (χ2v) is 6.68. The maximum Gasteiger partial charge on any atom is 0.329 e. The molecule has 1 fully saturated rings. The molecule has 1 saturated carbocycles. The van der Waals surface area contributed by atoms with Gasteiger partial charge in [-0.25, -0.2) is 13.2 Å². The molecule has 0 spiro atoms. The molecule has 1 aromatic rings.